The summed E-state index contributed by atoms with van der Waals surface area (Å²) < 4.78 is 5.39. The number of hydrogen-bond donors (Lipinski definition) is 2. The Labute approximate surface area is 135 Å². The van der Waals surface area contributed by atoms with E-state index >= 15 is 0 Å². The fraction of sp³-hybridized carbons (Fsp3) is 0.312. The van der Waals surface area contributed by atoms with E-state index in [4.69, 9.17) is 22.4 Å². The molecule has 0 saturated carbocycles. The summed E-state index contributed by atoms with van der Waals surface area (Å²) in [6, 6.07) is 10.2. The van der Waals surface area contributed by atoms with Crippen LogP contribution < -0.4 is 11.1 Å². The van der Waals surface area contributed by atoms with Gasteiger partial charge >= 0.3 is 0 Å². The van der Waals surface area contributed by atoms with Crippen LogP contribution in [0.3, 0.4) is 0 Å². The molecule has 0 aliphatic carbocycles. The molecule has 0 radical (unpaired) electrons. The van der Waals surface area contributed by atoms with Crippen molar-refractivity contribution >= 4 is 34.7 Å². The zero-order valence-corrected chi connectivity index (χ0v) is 13.9. The topological polar surface area (TPSA) is 51.2 Å². The van der Waals surface area contributed by atoms with Crippen molar-refractivity contribution in [1.82, 2.24) is 0 Å². The number of furan rings is 1. The SMILES string of the molecule is CCSc1cccc(NC(C)Cc2ccco2)c1C(N)=S. The Kier molecular flexibility index (Phi) is 5.70. The van der Waals surface area contributed by atoms with Crippen molar-refractivity contribution in [2.75, 3.05) is 11.1 Å². The van der Waals surface area contributed by atoms with E-state index in [9.17, 15) is 0 Å². The number of anilines is 1. The van der Waals surface area contributed by atoms with Crippen molar-refractivity contribution in [2.45, 2.75) is 31.2 Å². The second kappa shape index (κ2) is 7.52. The minimum atomic E-state index is 0.228. The Morgan fingerprint density at radius 1 is 1.38 bits per heavy atom. The summed E-state index contributed by atoms with van der Waals surface area (Å²) in [6.07, 6.45) is 2.51. The molecular weight excluding hydrogens is 300 g/mol. The molecule has 0 fully saturated rings. The Bertz CT molecular complexity index is 596. The molecule has 3 nitrogen and oxygen atoms in total. The highest BCUT2D eigenvalue weighted by Gasteiger charge is 2.13. The van der Waals surface area contributed by atoms with Crippen LogP contribution in [0.1, 0.15) is 25.2 Å². The van der Waals surface area contributed by atoms with Crippen LogP contribution in [0.4, 0.5) is 5.69 Å². The lowest BCUT2D eigenvalue weighted by atomic mass is 10.1. The maximum Gasteiger partial charge on any atom is 0.107 e. The minimum absolute atomic E-state index is 0.228. The van der Waals surface area contributed by atoms with Gasteiger partial charge in [-0.25, -0.2) is 0 Å². The fourth-order valence-corrected chi connectivity index (χ4v) is 3.36. The molecule has 1 atom stereocenters. The molecule has 1 aromatic carbocycles. The first-order chi connectivity index (χ1) is 10.1. The number of thiocarbonyl (C=S) groups is 1. The predicted molar refractivity (Wildman–Crippen MR) is 94.2 cm³/mol. The predicted octanol–water partition coefficient (Wildman–Crippen LogP) is 4.07. The summed E-state index contributed by atoms with van der Waals surface area (Å²) in [7, 11) is 0. The van der Waals surface area contributed by atoms with E-state index in [0.717, 1.165) is 34.1 Å². The van der Waals surface area contributed by atoms with Crippen LogP contribution in [0.15, 0.2) is 45.9 Å². The molecule has 2 rings (SSSR count). The third-order valence-corrected chi connectivity index (χ3v) is 4.21. The lowest BCUT2D eigenvalue weighted by Crippen LogP contribution is -2.21. The number of benzene rings is 1. The zero-order chi connectivity index (χ0) is 15.2. The zero-order valence-electron chi connectivity index (χ0n) is 12.3. The van der Waals surface area contributed by atoms with Gasteiger partial charge in [-0.05, 0) is 36.9 Å². The third kappa shape index (κ3) is 4.25. The number of hydrogen-bond acceptors (Lipinski definition) is 4. The van der Waals surface area contributed by atoms with Gasteiger partial charge in [0.1, 0.15) is 10.7 Å². The Morgan fingerprint density at radius 3 is 2.81 bits per heavy atom. The fourth-order valence-electron chi connectivity index (χ4n) is 2.23. The van der Waals surface area contributed by atoms with Crippen LogP contribution in [0.5, 0.6) is 0 Å². The van der Waals surface area contributed by atoms with Crippen LogP contribution in [0.25, 0.3) is 0 Å². The summed E-state index contributed by atoms with van der Waals surface area (Å²) in [5.41, 5.74) is 7.84. The molecule has 0 aliphatic heterocycles. The monoisotopic (exact) mass is 320 g/mol. The summed E-state index contributed by atoms with van der Waals surface area (Å²) >= 11 is 6.98. The third-order valence-electron chi connectivity index (χ3n) is 3.06. The van der Waals surface area contributed by atoms with E-state index in [2.05, 4.69) is 25.2 Å². The molecule has 0 aliphatic rings. The van der Waals surface area contributed by atoms with Gasteiger partial charge in [0.2, 0.25) is 0 Å². The molecular formula is C16H20N2OS2. The van der Waals surface area contributed by atoms with Gasteiger partial charge in [-0.3, -0.25) is 0 Å². The highest BCUT2D eigenvalue weighted by molar-refractivity contribution is 7.99. The molecule has 1 unspecified atom stereocenters. The maximum atomic E-state index is 5.92. The molecule has 0 spiro atoms. The van der Waals surface area contributed by atoms with Gasteiger partial charge in [0, 0.05) is 28.6 Å². The summed E-state index contributed by atoms with van der Waals surface area (Å²) in [4.78, 5) is 1.56. The number of nitrogens with one attached hydrogen (secondary N) is 1. The van der Waals surface area contributed by atoms with Gasteiger partial charge in [0.15, 0.2) is 0 Å². The molecule has 1 aromatic heterocycles. The number of rotatable bonds is 7. The van der Waals surface area contributed by atoms with E-state index in [1.54, 1.807) is 18.0 Å². The molecule has 21 heavy (non-hydrogen) atoms. The van der Waals surface area contributed by atoms with Crippen molar-refractivity contribution in [1.29, 1.82) is 0 Å². The molecule has 5 heteroatoms. The number of thioether (sulfide) groups is 1. The van der Waals surface area contributed by atoms with Crippen molar-refractivity contribution in [2.24, 2.45) is 5.73 Å². The molecule has 0 saturated heterocycles. The van der Waals surface area contributed by atoms with Crippen molar-refractivity contribution < 1.29 is 4.42 Å². The van der Waals surface area contributed by atoms with Gasteiger partial charge in [-0.15, -0.1) is 11.8 Å². The van der Waals surface area contributed by atoms with E-state index in [-0.39, 0.29) is 6.04 Å². The van der Waals surface area contributed by atoms with Crippen LogP contribution >= 0.6 is 24.0 Å². The van der Waals surface area contributed by atoms with Crippen molar-refractivity contribution in [3.8, 4) is 0 Å². The van der Waals surface area contributed by atoms with E-state index < -0.39 is 0 Å². The first-order valence-electron chi connectivity index (χ1n) is 6.96. The standard InChI is InChI=1S/C16H20N2OS2/c1-3-21-14-8-4-7-13(15(14)16(17)20)18-11(2)10-12-6-5-9-19-12/h4-9,11,18H,3,10H2,1-2H3,(H2,17,20). The quantitative estimate of drug-likeness (QED) is 0.595. The van der Waals surface area contributed by atoms with Crippen molar-refractivity contribution in [3.63, 3.8) is 0 Å². The normalized spacial score (nSPS) is 12.1. The Balaban J connectivity index is 2.18. The molecule has 0 bridgehead atoms. The average molecular weight is 320 g/mol. The molecule has 3 N–H and O–H groups in total. The van der Waals surface area contributed by atoms with E-state index in [0.29, 0.717) is 4.99 Å². The average Bonchev–Trinajstić information content (AvgIpc) is 2.91. The molecule has 0 amide bonds. The molecule has 112 valence electrons. The summed E-state index contributed by atoms with van der Waals surface area (Å²) in [5, 5.41) is 3.49. The van der Waals surface area contributed by atoms with Gasteiger partial charge in [0.05, 0.1) is 6.26 Å². The van der Waals surface area contributed by atoms with Gasteiger partial charge in [-0.2, -0.15) is 0 Å². The molecule has 1 heterocycles. The first-order valence-corrected chi connectivity index (χ1v) is 8.35. The van der Waals surface area contributed by atoms with Crippen LogP contribution in [-0.4, -0.2) is 16.8 Å². The van der Waals surface area contributed by atoms with Gasteiger partial charge in [0.25, 0.3) is 0 Å². The lowest BCUT2D eigenvalue weighted by molar-refractivity contribution is 0.498. The van der Waals surface area contributed by atoms with E-state index in [1.165, 1.54) is 0 Å². The Morgan fingerprint density at radius 2 is 2.19 bits per heavy atom. The molecule has 2 aromatic rings. The first kappa shape index (κ1) is 15.9. The maximum absolute atomic E-state index is 5.92. The summed E-state index contributed by atoms with van der Waals surface area (Å²) in [5.74, 6) is 1.95. The highest BCUT2D eigenvalue weighted by atomic mass is 32.2. The van der Waals surface area contributed by atoms with Crippen molar-refractivity contribution in [3.05, 3.63) is 47.9 Å². The smallest absolute Gasteiger partial charge is 0.107 e. The second-order valence-corrected chi connectivity index (χ2v) is 6.55. The van der Waals surface area contributed by atoms with Gasteiger partial charge in [-0.1, -0.05) is 25.2 Å². The number of nitrogens with two attached hydrogens (primary N) is 1. The Hall–Kier alpha value is -1.46. The largest absolute Gasteiger partial charge is 0.469 e. The summed E-state index contributed by atoms with van der Waals surface area (Å²) in [6.45, 7) is 4.24. The van der Waals surface area contributed by atoms with Crippen LogP contribution in [-0.2, 0) is 6.42 Å². The minimum Gasteiger partial charge on any atom is -0.469 e. The van der Waals surface area contributed by atoms with E-state index in [1.807, 2.05) is 24.3 Å². The highest BCUT2D eigenvalue weighted by Crippen LogP contribution is 2.29. The lowest BCUT2D eigenvalue weighted by Gasteiger charge is -2.19. The van der Waals surface area contributed by atoms with Crippen LogP contribution in [0.2, 0.25) is 0 Å². The van der Waals surface area contributed by atoms with Gasteiger partial charge < -0.3 is 15.5 Å². The second-order valence-electron chi connectivity index (χ2n) is 4.80. The van der Waals surface area contributed by atoms with Crippen LogP contribution in [0, 0.1) is 0 Å².